The van der Waals surface area contributed by atoms with E-state index < -0.39 is 0 Å². The van der Waals surface area contributed by atoms with Gasteiger partial charge in [0.2, 0.25) is 0 Å². The maximum absolute atomic E-state index is 6.07. The Morgan fingerprint density at radius 2 is 1.88 bits per heavy atom. The summed E-state index contributed by atoms with van der Waals surface area (Å²) in [5.41, 5.74) is 0. The van der Waals surface area contributed by atoms with Crippen LogP contribution in [0.15, 0.2) is 0 Å². The summed E-state index contributed by atoms with van der Waals surface area (Å²) in [5.74, 6) is 0. The topological polar surface area (TPSA) is 33.7 Å². The third kappa shape index (κ3) is 4.54. The summed E-state index contributed by atoms with van der Waals surface area (Å²) in [5, 5.41) is 3.45. The minimum atomic E-state index is 0.420. The zero-order valence-electron chi connectivity index (χ0n) is 11.2. The predicted molar refractivity (Wildman–Crippen MR) is 68.3 cm³/mol. The third-order valence-corrected chi connectivity index (χ3v) is 3.51. The molecule has 0 aliphatic carbocycles. The molecule has 0 aromatic rings. The number of nitrogens with one attached hydrogen (secondary N) is 1. The van der Waals surface area contributed by atoms with E-state index in [4.69, 9.17) is 9.47 Å². The minimum absolute atomic E-state index is 0.420. The van der Waals surface area contributed by atoms with Crippen LogP contribution in [0.1, 0.15) is 26.7 Å². The summed E-state index contributed by atoms with van der Waals surface area (Å²) >= 11 is 0. The highest BCUT2D eigenvalue weighted by atomic mass is 16.5. The number of rotatable bonds is 5. The van der Waals surface area contributed by atoms with Gasteiger partial charge in [0.15, 0.2) is 0 Å². The van der Waals surface area contributed by atoms with Crippen LogP contribution in [-0.2, 0) is 9.47 Å². The first-order valence-corrected chi connectivity index (χ1v) is 6.93. The number of hydrogen-bond acceptors (Lipinski definition) is 4. The third-order valence-electron chi connectivity index (χ3n) is 3.51. The molecule has 1 N–H and O–H groups in total. The van der Waals surface area contributed by atoms with Crippen LogP contribution < -0.4 is 5.32 Å². The van der Waals surface area contributed by atoms with Gasteiger partial charge in [-0.2, -0.15) is 0 Å². The van der Waals surface area contributed by atoms with E-state index >= 15 is 0 Å². The molecular weight excluding hydrogens is 216 g/mol. The lowest BCUT2D eigenvalue weighted by Gasteiger charge is -2.29. The number of nitrogens with zero attached hydrogens (tertiary/aromatic N) is 1. The van der Waals surface area contributed by atoms with Gasteiger partial charge in [0.25, 0.3) is 0 Å². The van der Waals surface area contributed by atoms with E-state index in [1.54, 1.807) is 0 Å². The molecule has 2 heterocycles. The van der Waals surface area contributed by atoms with Crippen molar-refractivity contribution < 1.29 is 9.47 Å². The number of hydrogen-bond donors (Lipinski definition) is 1. The zero-order chi connectivity index (χ0) is 12.1. The van der Waals surface area contributed by atoms with E-state index in [2.05, 4.69) is 24.1 Å². The Morgan fingerprint density at radius 1 is 1.18 bits per heavy atom. The molecular formula is C13H26N2O2. The summed E-state index contributed by atoms with van der Waals surface area (Å²) in [6.45, 7) is 10.3. The Morgan fingerprint density at radius 3 is 2.59 bits per heavy atom. The van der Waals surface area contributed by atoms with Gasteiger partial charge in [0, 0.05) is 32.2 Å². The molecule has 2 unspecified atom stereocenters. The van der Waals surface area contributed by atoms with Crippen molar-refractivity contribution in [2.75, 3.05) is 39.4 Å². The molecule has 0 aromatic carbocycles. The van der Waals surface area contributed by atoms with Crippen LogP contribution in [0.25, 0.3) is 0 Å². The summed E-state index contributed by atoms with van der Waals surface area (Å²) in [7, 11) is 0. The molecule has 100 valence electrons. The van der Waals surface area contributed by atoms with Crippen molar-refractivity contribution in [2.45, 2.75) is 44.9 Å². The molecule has 2 fully saturated rings. The van der Waals surface area contributed by atoms with Crippen LogP contribution in [0.5, 0.6) is 0 Å². The van der Waals surface area contributed by atoms with Gasteiger partial charge in [-0.3, -0.25) is 4.90 Å². The van der Waals surface area contributed by atoms with E-state index in [1.165, 1.54) is 12.8 Å². The van der Waals surface area contributed by atoms with Crippen molar-refractivity contribution in [1.29, 1.82) is 0 Å². The molecule has 4 heteroatoms. The fourth-order valence-corrected chi connectivity index (χ4v) is 2.50. The monoisotopic (exact) mass is 242 g/mol. The average molecular weight is 242 g/mol. The number of morpholine rings is 1. The smallest absolute Gasteiger partial charge is 0.0707 e. The van der Waals surface area contributed by atoms with Gasteiger partial charge in [0.05, 0.1) is 25.4 Å². The van der Waals surface area contributed by atoms with Gasteiger partial charge in [-0.15, -0.1) is 0 Å². The van der Waals surface area contributed by atoms with Crippen molar-refractivity contribution in [2.24, 2.45) is 0 Å². The van der Waals surface area contributed by atoms with Crippen molar-refractivity contribution >= 4 is 0 Å². The van der Waals surface area contributed by atoms with E-state index in [0.717, 1.165) is 39.4 Å². The average Bonchev–Trinajstić information content (AvgIpc) is 2.75. The van der Waals surface area contributed by atoms with E-state index in [1.807, 2.05) is 0 Å². The molecule has 2 aliphatic rings. The zero-order valence-corrected chi connectivity index (χ0v) is 11.2. The van der Waals surface area contributed by atoms with Crippen LogP contribution in [-0.4, -0.2) is 62.5 Å². The Labute approximate surface area is 105 Å². The summed E-state index contributed by atoms with van der Waals surface area (Å²) in [6, 6.07) is 0.553. The highest BCUT2D eigenvalue weighted by Crippen LogP contribution is 2.20. The molecule has 2 rings (SSSR count). The molecule has 4 nitrogen and oxygen atoms in total. The highest BCUT2D eigenvalue weighted by molar-refractivity contribution is 4.79. The SMILES string of the molecule is CC(C)NCC1CCC(CN2CCOCC2)O1. The van der Waals surface area contributed by atoms with Crippen molar-refractivity contribution in [3.8, 4) is 0 Å². The fraction of sp³-hybridized carbons (Fsp3) is 1.00. The Bertz CT molecular complexity index is 217. The Balaban J connectivity index is 1.63. The molecule has 17 heavy (non-hydrogen) atoms. The standard InChI is InChI=1S/C13H26N2O2/c1-11(2)14-9-12-3-4-13(17-12)10-15-5-7-16-8-6-15/h11-14H,3-10H2,1-2H3. The van der Waals surface area contributed by atoms with Gasteiger partial charge in [-0.1, -0.05) is 13.8 Å². The number of ether oxygens (including phenoxy) is 2. The molecule has 0 amide bonds. The quantitative estimate of drug-likeness (QED) is 0.775. The molecule has 0 saturated carbocycles. The largest absolute Gasteiger partial charge is 0.379 e. The Kier molecular flexibility index (Phi) is 5.22. The van der Waals surface area contributed by atoms with Gasteiger partial charge < -0.3 is 14.8 Å². The summed E-state index contributed by atoms with van der Waals surface area (Å²) in [6.07, 6.45) is 3.27. The van der Waals surface area contributed by atoms with Crippen LogP contribution in [0.3, 0.4) is 0 Å². The van der Waals surface area contributed by atoms with Crippen LogP contribution in [0.4, 0.5) is 0 Å². The predicted octanol–water partition coefficient (Wildman–Crippen LogP) is 0.864. The van der Waals surface area contributed by atoms with E-state index in [0.29, 0.717) is 18.2 Å². The second kappa shape index (κ2) is 6.69. The molecule has 0 aromatic heterocycles. The van der Waals surface area contributed by atoms with Gasteiger partial charge >= 0.3 is 0 Å². The first kappa shape index (κ1) is 13.3. The molecule has 2 aliphatic heterocycles. The first-order valence-electron chi connectivity index (χ1n) is 6.93. The van der Waals surface area contributed by atoms with Gasteiger partial charge in [-0.25, -0.2) is 0 Å². The maximum atomic E-state index is 6.07. The molecule has 2 saturated heterocycles. The molecule has 0 spiro atoms. The first-order chi connectivity index (χ1) is 8.24. The lowest BCUT2D eigenvalue weighted by molar-refractivity contribution is -0.0110. The fourth-order valence-electron chi connectivity index (χ4n) is 2.50. The second-order valence-corrected chi connectivity index (χ2v) is 5.43. The van der Waals surface area contributed by atoms with Crippen molar-refractivity contribution in [1.82, 2.24) is 10.2 Å². The molecule has 0 radical (unpaired) electrons. The minimum Gasteiger partial charge on any atom is -0.379 e. The normalized spacial score (nSPS) is 31.2. The second-order valence-electron chi connectivity index (χ2n) is 5.43. The van der Waals surface area contributed by atoms with Gasteiger partial charge in [-0.05, 0) is 12.8 Å². The highest BCUT2D eigenvalue weighted by Gasteiger charge is 2.27. The van der Waals surface area contributed by atoms with Crippen LogP contribution >= 0.6 is 0 Å². The van der Waals surface area contributed by atoms with Crippen molar-refractivity contribution in [3.63, 3.8) is 0 Å². The summed E-state index contributed by atoms with van der Waals surface area (Å²) < 4.78 is 11.4. The lowest BCUT2D eigenvalue weighted by Crippen LogP contribution is -2.41. The Hall–Kier alpha value is -0.160. The van der Waals surface area contributed by atoms with Crippen LogP contribution in [0.2, 0.25) is 0 Å². The van der Waals surface area contributed by atoms with Crippen molar-refractivity contribution in [3.05, 3.63) is 0 Å². The van der Waals surface area contributed by atoms with E-state index in [-0.39, 0.29) is 0 Å². The lowest BCUT2D eigenvalue weighted by atomic mass is 10.2. The maximum Gasteiger partial charge on any atom is 0.0707 e. The molecule has 0 bridgehead atoms. The summed E-state index contributed by atoms with van der Waals surface area (Å²) in [4.78, 5) is 2.46. The van der Waals surface area contributed by atoms with E-state index in [9.17, 15) is 0 Å². The van der Waals surface area contributed by atoms with Gasteiger partial charge in [0.1, 0.15) is 0 Å². The van der Waals surface area contributed by atoms with Crippen LogP contribution in [0, 0.1) is 0 Å². The molecule has 2 atom stereocenters.